The minimum Gasteiger partial charge on any atom is -0.255 e. The van der Waals surface area contributed by atoms with Crippen molar-refractivity contribution in [3.63, 3.8) is 0 Å². The summed E-state index contributed by atoms with van der Waals surface area (Å²) in [5, 5.41) is 5.91. The Bertz CT molecular complexity index is 620. The number of hydrogen-bond donors (Lipinski definition) is 1. The van der Waals surface area contributed by atoms with Crippen LogP contribution in [-0.2, 0) is 10.0 Å². The van der Waals surface area contributed by atoms with E-state index in [4.69, 9.17) is 5.14 Å². The predicted octanol–water partition coefficient (Wildman–Crippen LogP) is 1.19. The Morgan fingerprint density at radius 3 is 2.67 bits per heavy atom. The molecule has 2 rings (SSSR count). The van der Waals surface area contributed by atoms with E-state index in [1.165, 1.54) is 6.07 Å². The summed E-state index contributed by atoms with van der Waals surface area (Å²) in [7, 11) is -3.71. The molecule has 4 nitrogen and oxygen atoms in total. The molecule has 2 aromatic rings. The van der Waals surface area contributed by atoms with Gasteiger partial charge in [-0.3, -0.25) is 4.98 Å². The standard InChI is InChI=1S/C10H10N2O2S/c1-7-5-6-12-10-8(7)3-2-4-9(10)15(11,13)14/h2-6H,1H3,(H2,11,13,14). The van der Waals surface area contributed by atoms with Gasteiger partial charge in [0.05, 0.1) is 5.52 Å². The van der Waals surface area contributed by atoms with Gasteiger partial charge in [-0.05, 0) is 24.6 Å². The smallest absolute Gasteiger partial charge is 0.240 e. The van der Waals surface area contributed by atoms with Crippen LogP contribution in [0.25, 0.3) is 10.9 Å². The molecule has 0 spiro atoms. The van der Waals surface area contributed by atoms with E-state index in [1.807, 2.05) is 19.1 Å². The summed E-state index contributed by atoms with van der Waals surface area (Å²) in [5.74, 6) is 0. The molecular formula is C10H10N2O2S. The summed E-state index contributed by atoms with van der Waals surface area (Å²) in [4.78, 5) is 4.12. The average molecular weight is 222 g/mol. The molecule has 15 heavy (non-hydrogen) atoms. The van der Waals surface area contributed by atoms with Gasteiger partial charge in [-0.2, -0.15) is 0 Å². The third-order valence-electron chi connectivity index (χ3n) is 2.26. The van der Waals surface area contributed by atoms with Crippen LogP contribution in [-0.4, -0.2) is 13.4 Å². The monoisotopic (exact) mass is 222 g/mol. The van der Waals surface area contributed by atoms with Gasteiger partial charge >= 0.3 is 0 Å². The molecule has 1 aromatic heterocycles. The first-order valence-electron chi connectivity index (χ1n) is 4.37. The van der Waals surface area contributed by atoms with E-state index in [0.717, 1.165) is 10.9 Å². The van der Waals surface area contributed by atoms with Gasteiger partial charge < -0.3 is 0 Å². The van der Waals surface area contributed by atoms with Gasteiger partial charge in [0.1, 0.15) is 4.90 Å². The summed E-state index contributed by atoms with van der Waals surface area (Å²) in [6, 6.07) is 6.78. The molecule has 0 aliphatic rings. The van der Waals surface area contributed by atoms with Crippen molar-refractivity contribution in [2.45, 2.75) is 11.8 Å². The number of primary sulfonamides is 1. The van der Waals surface area contributed by atoms with Crippen LogP contribution >= 0.6 is 0 Å². The van der Waals surface area contributed by atoms with E-state index in [2.05, 4.69) is 4.98 Å². The second-order valence-corrected chi connectivity index (χ2v) is 4.86. The minimum atomic E-state index is -3.71. The third kappa shape index (κ3) is 1.71. The minimum absolute atomic E-state index is 0.0729. The van der Waals surface area contributed by atoms with Crippen molar-refractivity contribution in [3.8, 4) is 0 Å². The van der Waals surface area contributed by atoms with Gasteiger partial charge in [-0.25, -0.2) is 13.6 Å². The van der Waals surface area contributed by atoms with Gasteiger partial charge in [0, 0.05) is 11.6 Å². The van der Waals surface area contributed by atoms with Gasteiger partial charge in [0.25, 0.3) is 0 Å². The first-order chi connectivity index (χ1) is 7.00. The molecule has 5 heteroatoms. The Balaban J connectivity index is 2.96. The Labute approximate surface area is 87.8 Å². The predicted molar refractivity (Wildman–Crippen MR) is 57.9 cm³/mol. The maximum Gasteiger partial charge on any atom is 0.240 e. The fourth-order valence-electron chi connectivity index (χ4n) is 1.52. The molecule has 0 saturated heterocycles. The maximum atomic E-state index is 11.3. The number of benzene rings is 1. The zero-order chi connectivity index (χ0) is 11.1. The molecule has 0 aliphatic carbocycles. The lowest BCUT2D eigenvalue weighted by molar-refractivity contribution is 0.598. The van der Waals surface area contributed by atoms with E-state index in [1.54, 1.807) is 12.3 Å². The highest BCUT2D eigenvalue weighted by molar-refractivity contribution is 7.89. The number of nitrogens with two attached hydrogens (primary N) is 1. The first kappa shape index (κ1) is 10.1. The van der Waals surface area contributed by atoms with E-state index < -0.39 is 10.0 Å². The Morgan fingerprint density at radius 1 is 1.27 bits per heavy atom. The van der Waals surface area contributed by atoms with Crippen molar-refractivity contribution in [3.05, 3.63) is 36.0 Å². The van der Waals surface area contributed by atoms with Gasteiger partial charge in [0.15, 0.2) is 0 Å². The lowest BCUT2D eigenvalue weighted by Gasteiger charge is -2.04. The van der Waals surface area contributed by atoms with Gasteiger partial charge in [-0.15, -0.1) is 0 Å². The van der Waals surface area contributed by atoms with E-state index >= 15 is 0 Å². The number of sulfonamides is 1. The number of hydrogen-bond acceptors (Lipinski definition) is 3. The van der Waals surface area contributed by atoms with Crippen LogP contribution in [0.1, 0.15) is 5.56 Å². The number of nitrogens with zero attached hydrogens (tertiary/aromatic N) is 1. The third-order valence-corrected chi connectivity index (χ3v) is 3.20. The molecule has 1 heterocycles. The van der Waals surface area contributed by atoms with Crippen molar-refractivity contribution in [2.75, 3.05) is 0 Å². The van der Waals surface area contributed by atoms with Crippen molar-refractivity contribution in [1.82, 2.24) is 4.98 Å². The summed E-state index contributed by atoms with van der Waals surface area (Å²) in [5.41, 5.74) is 1.41. The molecule has 0 amide bonds. The molecule has 0 atom stereocenters. The number of para-hydroxylation sites is 1. The molecule has 0 unspecified atom stereocenters. The van der Waals surface area contributed by atoms with E-state index in [0.29, 0.717) is 5.52 Å². The average Bonchev–Trinajstić information content (AvgIpc) is 2.16. The fraction of sp³-hybridized carbons (Fsp3) is 0.100. The Kier molecular flexibility index (Phi) is 2.21. The van der Waals surface area contributed by atoms with Gasteiger partial charge in [-0.1, -0.05) is 12.1 Å². The van der Waals surface area contributed by atoms with E-state index in [9.17, 15) is 8.42 Å². The molecule has 0 radical (unpaired) electrons. The van der Waals surface area contributed by atoms with Crippen molar-refractivity contribution >= 4 is 20.9 Å². The molecule has 2 N–H and O–H groups in total. The Hall–Kier alpha value is -1.46. The lowest BCUT2D eigenvalue weighted by Crippen LogP contribution is -2.13. The van der Waals surface area contributed by atoms with Crippen LogP contribution in [0.4, 0.5) is 0 Å². The summed E-state index contributed by atoms with van der Waals surface area (Å²) in [6.07, 6.45) is 1.58. The second kappa shape index (κ2) is 3.29. The lowest BCUT2D eigenvalue weighted by atomic mass is 10.1. The number of aryl methyl sites for hydroxylation is 1. The van der Waals surface area contributed by atoms with Crippen molar-refractivity contribution in [2.24, 2.45) is 5.14 Å². The molecule has 0 aliphatic heterocycles. The second-order valence-electron chi connectivity index (χ2n) is 3.33. The van der Waals surface area contributed by atoms with Crippen LogP contribution in [0, 0.1) is 6.92 Å². The van der Waals surface area contributed by atoms with Crippen LogP contribution < -0.4 is 5.14 Å². The van der Waals surface area contributed by atoms with Crippen LogP contribution in [0.2, 0.25) is 0 Å². The SMILES string of the molecule is Cc1ccnc2c(S(N)(=O)=O)cccc12. The molecule has 0 fully saturated rings. The van der Waals surface area contributed by atoms with Crippen LogP contribution in [0.15, 0.2) is 35.4 Å². The topological polar surface area (TPSA) is 73.0 Å². The molecule has 0 saturated carbocycles. The summed E-state index contributed by atoms with van der Waals surface area (Å²) < 4.78 is 22.6. The zero-order valence-electron chi connectivity index (χ0n) is 8.14. The molecule has 78 valence electrons. The highest BCUT2D eigenvalue weighted by Gasteiger charge is 2.13. The van der Waals surface area contributed by atoms with Crippen LogP contribution in [0.5, 0.6) is 0 Å². The maximum absolute atomic E-state index is 11.3. The molecule has 0 bridgehead atoms. The normalized spacial score (nSPS) is 11.9. The number of fused-ring (bicyclic) bond motifs is 1. The van der Waals surface area contributed by atoms with Crippen LogP contribution in [0.3, 0.4) is 0 Å². The van der Waals surface area contributed by atoms with E-state index in [-0.39, 0.29) is 4.90 Å². The zero-order valence-corrected chi connectivity index (χ0v) is 8.95. The largest absolute Gasteiger partial charge is 0.255 e. The van der Waals surface area contributed by atoms with Crippen molar-refractivity contribution in [1.29, 1.82) is 0 Å². The Morgan fingerprint density at radius 2 is 2.00 bits per heavy atom. The molecular weight excluding hydrogens is 212 g/mol. The van der Waals surface area contributed by atoms with Crippen molar-refractivity contribution < 1.29 is 8.42 Å². The first-order valence-corrected chi connectivity index (χ1v) is 5.92. The fourth-order valence-corrected chi connectivity index (χ4v) is 2.22. The van der Waals surface area contributed by atoms with Gasteiger partial charge in [0.2, 0.25) is 10.0 Å². The highest BCUT2D eigenvalue weighted by atomic mass is 32.2. The molecule has 1 aromatic carbocycles. The number of rotatable bonds is 1. The number of pyridine rings is 1. The summed E-state index contributed by atoms with van der Waals surface area (Å²) in [6.45, 7) is 1.90. The summed E-state index contributed by atoms with van der Waals surface area (Å²) >= 11 is 0. The number of aromatic nitrogens is 1. The highest BCUT2D eigenvalue weighted by Crippen LogP contribution is 2.21. The quantitative estimate of drug-likeness (QED) is 0.787.